The molecular formula is C14H17N3O3S2. The van der Waals surface area contributed by atoms with E-state index in [1.807, 2.05) is 29.8 Å². The molecule has 0 aliphatic rings. The second kappa shape index (κ2) is 8.09. The van der Waals surface area contributed by atoms with Crippen molar-refractivity contribution in [1.82, 2.24) is 14.7 Å². The van der Waals surface area contributed by atoms with Gasteiger partial charge in [0.25, 0.3) is 5.91 Å². The quantitative estimate of drug-likeness (QED) is 0.567. The van der Waals surface area contributed by atoms with Crippen LogP contribution in [0.5, 0.6) is 0 Å². The van der Waals surface area contributed by atoms with Crippen LogP contribution < -0.4 is 5.32 Å². The van der Waals surface area contributed by atoms with Crippen LogP contribution in [0.15, 0.2) is 24.5 Å². The fourth-order valence-corrected chi connectivity index (χ4v) is 3.75. The van der Waals surface area contributed by atoms with Crippen LogP contribution in [-0.2, 0) is 4.79 Å². The standard InChI is InChI=1S/C14H17N3O3S2/c1-10-9-17-6-2-3-11(13(17)16-10)14(20)15-5-8-22-21-7-4-12(18)19/h2-3,6,9H,4-5,7-8H2,1H3,(H,15,20)(H,18,19). The number of aromatic nitrogens is 2. The number of aliphatic carboxylic acids is 1. The summed E-state index contributed by atoms with van der Waals surface area (Å²) in [7, 11) is 3.06. The summed E-state index contributed by atoms with van der Waals surface area (Å²) in [5.41, 5.74) is 2.07. The Bertz CT molecular complexity index is 672. The van der Waals surface area contributed by atoms with Crippen LogP contribution in [0.25, 0.3) is 5.65 Å². The fourth-order valence-electron chi connectivity index (χ4n) is 1.86. The molecule has 0 saturated carbocycles. The van der Waals surface area contributed by atoms with Gasteiger partial charge >= 0.3 is 5.97 Å². The van der Waals surface area contributed by atoms with Crippen molar-refractivity contribution in [2.45, 2.75) is 13.3 Å². The first-order valence-corrected chi connectivity index (χ1v) is 9.25. The van der Waals surface area contributed by atoms with Crippen molar-refractivity contribution in [3.05, 3.63) is 35.8 Å². The first-order chi connectivity index (χ1) is 10.6. The van der Waals surface area contributed by atoms with Crippen LogP contribution in [0.1, 0.15) is 22.5 Å². The number of hydrogen-bond donors (Lipinski definition) is 2. The number of aryl methyl sites for hydroxylation is 1. The van der Waals surface area contributed by atoms with Gasteiger partial charge in [0, 0.05) is 30.4 Å². The molecule has 2 heterocycles. The number of amides is 1. The molecule has 0 atom stereocenters. The third kappa shape index (κ3) is 4.67. The van der Waals surface area contributed by atoms with Gasteiger partial charge < -0.3 is 14.8 Å². The summed E-state index contributed by atoms with van der Waals surface area (Å²) < 4.78 is 1.83. The number of imidazole rings is 1. The average Bonchev–Trinajstić information content (AvgIpc) is 2.85. The molecule has 0 bridgehead atoms. The third-order valence-corrected chi connectivity index (χ3v) is 5.21. The van der Waals surface area contributed by atoms with Gasteiger partial charge in [-0.25, -0.2) is 4.98 Å². The molecule has 0 aromatic carbocycles. The van der Waals surface area contributed by atoms with Crippen LogP contribution in [-0.4, -0.2) is 44.4 Å². The number of rotatable bonds is 8. The molecule has 0 aliphatic carbocycles. The highest BCUT2D eigenvalue weighted by atomic mass is 33.1. The maximum absolute atomic E-state index is 12.2. The Morgan fingerprint density at radius 1 is 1.36 bits per heavy atom. The molecule has 0 saturated heterocycles. The van der Waals surface area contributed by atoms with Crippen LogP contribution in [0.4, 0.5) is 0 Å². The fraction of sp³-hybridized carbons (Fsp3) is 0.357. The topological polar surface area (TPSA) is 83.7 Å². The minimum absolute atomic E-state index is 0.146. The van der Waals surface area contributed by atoms with E-state index in [4.69, 9.17) is 5.11 Å². The van der Waals surface area contributed by atoms with E-state index in [1.54, 1.807) is 16.9 Å². The Morgan fingerprint density at radius 2 is 2.14 bits per heavy atom. The zero-order valence-electron chi connectivity index (χ0n) is 12.1. The number of fused-ring (bicyclic) bond motifs is 1. The summed E-state index contributed by atoms with van der Waals surface area (Å²) in [5, 5.41) is 11.4. The van der Waals surface area contributed by atoms with Crippen LogP contribution in [0.3, 0.4) is 0 Å². The van der Waals surface area contributed by atoms with Crippen molar-refractivity contribution in [3.8, 4) is 0 Å². The van der Waals surface area contributed by atoms with Gasteiger partial charge in [0.15, 0.2) is 0 Å². The summed E-state index contributed by atoms with van der Waals surface area (Å²) in [5.74, 6) is 0.365. The molecular weight excluding hydrogens is 322 g/mol. The number of nitrogens with zero attached hydrogens (tertiary/aromatic N) is 2. The summed E-state index contributed by atoms with van der Waals surface area (Å²) in [6.45, 7) is 2.42. The minimum atomic E-state index is -0.788. The largest absolute Gasteiger partial charge is 0.481 e. The Labute approximate surface area is 136 Å². The van der Waals surface area contributed by atoms with Gasteiger partial charge in [-0.1, -0.05) is 21.6 Å². The number of carbonyl (C=O) groups is 2. The highest BCUT2D eigenvalue weighted by Crippen LogP contribution is 2.21. The summed E-state index contributed by atoms with van der Waals surface area (Å²) in [6.07, 6.45) is 3.90. The SMILES string of the molecule is Cc1cn2cccc(C(=O)NCCSSCCC(=O)O)c2n1. The van der Waals surface area contributed by atoms with E-state index in [0.717, 1.165) is 11.4 Å². The van der Waals surface area contributed by atoms with Crippen LogP contribution in [0, 0.1) is 6.92 Å². The lowest BCUT2D eigenvalue weighted by Gasteiger charge is -2.06. The maximum Gasteiger partial charge on any atom is 0.304 e. The lowest BCUT2D eigenvalue weighted by atomic mass is 10.2. The van der Waals surface area contributed by atoms with Crippen LogP contribution in [0.2, 0.25) is 0 Å². The Hall–Kier alpha value is -1.67. The molecule has 22 heavy (non-hydrogen) atoms. The number of carboxylic acids is 1. The van der Waals surface area contributed by atoms with Crippen LogP contribution >= 0.6 is 21.6 Å². The first kappa shape index (κ1) is 16.7. The third-order valence-electron chi connectivity index (χ3n) is 2.80. The van der Waals surface area contributed by atoms with Gasteiger partial charge in [0.1, 0.15) is 5.65 Å². The summed E-state index contributed by atoms with van der Waals surface area (Å²) >= 11 is 0. The monoisotopic (exact) mass is 339 g/mol. The van der Waals surface area contributed by atoms with Gasteiger partial charge in [-0.2, -0.15) is 0 Å². The molecule has 0 fully saturated rings. The van der Waals surface area contributed by atoms with Gasteiger partial charge in [-0.05, 0) is 19.1 Å². The van der Waals surface area contributed by atoms with Gasteiger partial charge in [-0.15, -0.1) is 0 Å². The molecule has 2 rings (SSSR count). The number of pyridine rings is 1. The molecule has 0 unspecified atom stereocenters. The van der Waals surface area contributed by atoms with E-state index in [1.165, 1.54) is 10.8 Å². The molecule has 2 aromatic heterocycles. The zero-order valence-corrected chi connectivity index (χ0v) is 13.7. The number of carbonyl (C=O) groups excluding carboxylic acids is 1. The smallest absolute Gasteiger partial charge is 0.304 e. The molecule has 0 aliphatic heterocycles. The van der Waals surface area contributed by atoms with Crippen molar-refractivity contribution < 1.29 is 14.7 Å². The molecule has 118 valence electrons. The second-order valence-corrected chi connectivity index (χ2v) is 7.28. The van der Waals surface area contributed by atoms with Crippen molar-refractivity contribution in [3.63, 3.8) is 0 Å². The first-order valence-electron chi connectivity index (χ1n) is 6.76. The highest BCUT2D eigenvalue weighted by Gasteiger charge is 2.11. The van der Waals surface area contributed by atoms with E-state index >= 15 is 0 Å². The Kier molecular flexibility index (Phi) is 6.14. The molecule has 1 amide bonds. The van der Waals surface area contributed by atoms with Crippen molar-refractivity contribution in [2.24, 2.45) is 0 Å². The van der Waals surface area contributed by atoms with Gasteiger partial charge in [0.2, 0.25) is 0 Å². The van der Waals surface area contributed by atoms with E-state index in [-0.39, 0.29) is 12.3 Å². The van der Waals surface area contributed by atoms with Gasteiger partial charge in [-0.3, -0.25) is 9.59 Å². The summed E-state index contributed by atoms with van der Waals surface area (Å²) in [6, 6.07) is 3.57. The maximum atomic E-state index is 12.2. The van der Waals surface area contributed by atoms with Crippen molar-refractivity contribution in [1.29, 1.82) is 0 Å². The van der Waals surface area contributed by atoms with Crippen molar-refractivity contribution in [2.75, 3.05) is 18.1 Å². The van der Waals surface area contributed by atoms with E-state index < -0.39 is 5.97 Å². The number of carboxylic acid groups (broad SMARTS) is 1. The number of hydrogen-bond acceptors (Lipinski definition) is 5. The average molecular weight is 339 g/mol. The molecule has 2 N–H and O–H groups in total. The summed E-state index contributed by atoms with van der Waals surface area (Å²) in [4.78, 5) is 26.9. The molecule has 0 radical (unpaired) electrons. The minimum Gasteiger partial charge on any atom is -0.481 e. The Morgan fingerprint density at radius 3 is 2.91 bits per heavy atom. The second-order valence-electron chi connectivity index (χ2n) is 4.58. The number of nitrogens with one attached hydrogen (secondary N) is 1. The molecule has 0 spiro atoms. The lowest BCUT2D eigenvalue weighted by molar-refractivity contribution is -0.136. The normalized spacial score (nSPS) is 10.8. The zero-order chi connectivity index (χ0) is 15.9. The molecule has 8 heteroatoms. The highest BCUT2D eigenvalue weighted by molar-refractivity contribution is 8.76. The Balaban J connectivity index is 1.78. The molecule has 6 nitrogen and oxygen atoms in total. The van der Waals surface area contributed by atoms with Crippen molar-refractivity contribution >= 4 is 39.1 Å². The predicted molar refractivity (Wildman–Crippen MR) is 89.4 cm³/mol. The predicted octanol–water partition coefficient (Wildman–Crippen LogP) is 2.23. The lowest BCUT2D eigenvalue weighted by Crippen LogP contribution is -2.26. The van der Waals surface area contributed by atoms with Gasteiger partial charge in [0.05, 0.1) is 17.7 Å². The molecule has 2 aromatic rings. The van der Waals surface area contributed by atoms with E-state index in [9.17, 15) is 9.59 Å². The van der Waals surface area contributed by atoms with E-state index in [2.05, 4.69) is 10.3 Å². The van der Waals surface area contributed by atoms with E-state index in [0.29, 0.717) is 23.5 Å².